The van der Waals surface area contributed by atoms with Crippen LogP contribution in [0, 0.1) is 0 Å². The normalized spacial score (nSPS) is 14.8. The molecule has 0 heterocycles. The fourth-order valence-corrected chi connectivity index (χ4v) is 4.14. The molecule has 2 aromatic rings. The minimum atomic E-state index is -3.81. The number of hydrogen-bond donors (Lipinski definition) is 2. The van der Waals surface area contributed by atoms with E-state index in [-0.39, 0.29) is 16.8 Å². The predicted octanol–water partition coefficient (Wildman–Crippen LogP) is 3.17. The van der Waals surface area contributed by atoms with Crippen molar-refractivity contribution in [2.24, 2.45) is 0 Å². The van der Waals surface area contributed by atoms with E-state index in [1.807, 2.05) is 0 Å². The summed E-state index contributed by atoms with van der Waals surface area (Å²) in [6.45, 7) is 0. The van der Waals surface area contributed by atoms with Crippen LogP contribution < -0.4 is 14.8 Å². The summed E-state index contributed by atoms with van der Waals surface area (Å²) in [5.74, 6) is 0.310. The van der Waals surface area contributed by atoms with Gasteiger partial charge in [-0.05, 0) is 43.2 Å². The van der Waals surface area contributed by atoms with E-state index >= 15 is 0 Å². The Hall–Kier alpha value is -2.54. The summed E-state index contributed by atoms with van der Waals surface area (Å²) in [7, 11) is -2.29. The molecule has 1 amide bonds. The number of carbonyl (C=O) groups excluding carboxylic acids is 1. The van der Waals surface area contributed by atoms with Gasteiger partial charge in [0.05, 0.1) is 17.7 Å². The van der Waals surface area contributed by atoms with Crippen molar-refractivity contribution in [2.45, 2.75) is 36.6 Å². The molecule has 0 atom stereocenters. The van der Waals surface area contributed by atoms with Gasteiger partial charge < -0.3 is 10.1 Å². The van der Waals surface area contributed by atoms with Gasteiger partial charge in [-0.1, -0.05) is 25.0 Å². The number of benzene rings is 2. The number of anilines is 1. The number of amides is 1. The number of methoxy groups -OCH3 is 1. The largest absolute Gasteiger partial charge is 0.497 e. The quantitative estimate of drug-likeness (QED) is 0.813. The second-order valence-corrected chi connectivity index (χ2v) is 8.00. The Kier molecular flexibility index (Phi) is 5.46. The molecule has 0 aliphatic heterocycles. The maximum Gasteiger partial charge on any atom is 0.261 e. The standard InChI is InChI=1S/C19H22N2O4S/c1-25-17-10-5-9-16(13-17)21-26(23,24)18-11-4-6-14(12-18)19(22)20-15-7-2-3-8-15/h4-6,9-13,15,21H,2-3,7-8H2,1H3,(H,20,22). The van der Waals surface area contributed by atoms with E-state index in [1.54, 1.807) is 36.4 Å². The van der Waals surface area contributed by atoms with Crippen molar-refractivity contribution < 1.29 is 17.9 Å². The van der Waals surface area contributed by atoms with Crippen LogP contribution in [0.4, 0.5) is 5.69 Å². The number of ether oxygens (including phenoxy) is 1. The molecule has 0 aromatic heterocycles. The first-order valence-electron chi connectivity index (χ1n) is 8.56. The molecular weight excluding hydrogens is 352 g/mol. The van der Waals surface area contributed by atoms with E-state index < -0.39 is 10.0 Å². The zero-order chi connectivity index (χ0) is 18.6. The Balaban J connectivity index is 1.78. The molecule has 0 spiro atoms. The fourth-order valence-electron chi connectivity index (χ4n) is 3.04. The van der Waals surface area contributed by atoms with Gasteiger partial charge in [-0.3, -0.25) is 9.52 Å². The van der Waals surface area contributed by atoms with Crippen LogP contribution in [-0.2, 0) is 10.0 Å². The summed E-state index contributed by atoms with van der Waals surface area (Å²) in [5.41, 5.74) is 0.732. The highest BCUT2D eigenvalue weighted by Crippen LogP contribution is 2.22. The number of rotatable bonds is 6. The summed E-state index contributed by atoms with van der Waals surface area (Å²) in [6, 6.07) is 12.9. The Morgan fingerprint density at radius 2 is 1.81 bits per heavy atom. The first-order valence-corrected chi connectivity index (χ1v) is 10.0. The lowest BCUT2D eigenvalue weighted by molar-refractivity contribution is 0.0937. The molecular formula is C19H22N2O4S. The van der Waals surface area contributed by atoms with Crippen LogP contribution in [0.3, 0.4) is 0 Å². The first-order chi connectivity index (χ1) is 12.5. The van der Waals surface area contributed by atoms with Gasteiger partial charge in [0.1, 0.15) is 5.75 Å². The Bertz CT molecular complexity index is 890. The van der Waals surface area contributed by atoms with Crippen molar-refractivity contribution in [3.8, 4) is 5.75 Å². The zero-order valence-corrected chi connectivity index (χ0v) is 15.4. The average Bonchev–Trinajstić information content (AvgIpc) is 3.14. The molecule has 0 saturated heterocycles. The van der Waals surface area contributed by atoms with E-state index in [4.69, 9.17) is 4.74 Å². The van der Waals surface area contributed by atoms with Crippen LogP contribution in [0.2, 0.25) is 0 Å². The van der Waals surface area contributed by atoms with Crippen molar-refractivity contribution >= 4 is 21.6 Å². The molecule has 1 saturated carbocycles. The molecule has 1 aliphatic rings. The molecule has 6 nitrogen and oxygen atoms in total. The maximum atomic E-state index is 12.6. The lowest BCUT2D eigenvalue weighted by Crippen LogP contribution is -2.32. The molecule has 26 heavy (non-hydrogen) atoms. The third kappa shape index (κ3) is 4.35. The Morgan fingerprint density at radius 3 is 2.54 bits per heavy atom. The third-order valence-corrected chi connectivity index (χ3v) is 5.80. The smallest absolute Gasteiger partial charge is 0.261 e. The van der Waals surface area contributed by atoms with Crippen molar-refractivity contribution in [3.05, 3.63) is 54.1 Å². The van der Waals surface area contributed by atoms with Gasteiger partial charge in [0.25, 0.3) is 15.9 Å². The maximum absolute atomic E-state index is 12.6. The van der Waals surface area contributed by atoms with Gasteiger partial charge in [-0.15, -0.1) is 0 Å². The highest BCUT2D eigenvalue weighted by molar-refractivity contribution is 7.92. The van der Waals surface area contributed by atoms with Crippen LogP contribution in [0.5, 0.6) is 5.75 Å². The molecule has 0 radical (unpaired) electrons. The van der Waals surface area contributed by atoms with E-state index in [1.165, 1.54) is 19.2 Å². The van der Waals surface area contributed by atoms with Crippen LogP contribution in [0.25, 0.3) is 0 Å². The molecule has 1 fully saturated rings. The second-order valence-electron chi connectivity index (χ2n) is 6.32. The second kappa shape index (κ2) is 7.78. The van der Waals surface area contributed by atoms with Gasteiger partial charge in [0.15, 0.2) is 0 Å². The van der Waals surface area contributed by atoms with Crippen molar-refractivity contribution in [1.82, 2.24) is 5.32 Å². The SMILES string of the molecule is COc1cccc(NS(=O)(=O)c2cccc(C(=O)NC3CCCC3)c2)c1. The van der Waals surface area contributed by atoms with Crippen LogP contribution in [0.15, 0.2) is 53.4 Å². The molecule has 1 aliphatic carbocycles. The summed E-state index contributed by atoms with van der Waals surface area (Å²) in [4.78, 5) is 12.4. The van der Waals surface area contributed by atoms with E-state index in [0.717, 1.165) is 25.7 Å². The Morgan fingerprint density at radius 1 is 1.08 bits per heavy atom. The number of hydrogen-bond acceptors (Lipinski definition) is 4. The highest BCUT2D eigenvalue weighted by atomic mass is 32.2. The number of sulfonamides is 1. The van der Waals surface area contributed by atoms with E-state index in [2.05, 4.69) is 10.0 Å². The predicted molar refractivity (Wildman–Crippen MR) is 100.0 cm³/mol. The fraction of sp³-hybridized carbons (Fsp3) is 0.316. The summed E-state index contributed by atoms with van der Waals surface area (Å²) < 4.78 is 32.9. The van der Waals surface area contributed by atoms with E-state index in [9.17, 15) is 13.2 Å². The summed E-state index contributed by atoms with van der Waals surface area (Å²) >= 11 is 0. The Labute approximate surface area is 153 Å². The molecule has 2 N–H and O–H groups in total. The van der Waals surface area contributed by atoms with Gasteiger partial charge in [-0.25, -0.2) is 8.42 Å². The first kappa shape index (κ1) is 18.3. The molecule has 138 valence electrons. The molecule has 2 aromatic carbocycles. The number of nitrogens with one attached hydrogen (secondary N) is 2. The highest BCUT2D eigenvalue weighted by Gasteiger charge is 2.20. The molecule has 7 heteroatoms. The molecule has 3 rings (SSSR count). The molecule has 0 unspecified atom stereocenters. The lowest BCUT2D eigenvalue weighted by atomic mass is 10.2. The van der Waals surface area contributed by atoms with Gasteiger partial charge in [0.2, 0.25) is 0 Å². The number of carbonyl (C=O) groups is 1. The molecule has 0 bridgehead atoms. The van der Waals surface area contributed by atoms with Crippen molar-refractivity contribution in [1.29, 1.82) is 0 Å². The van der Waals surface area contributed by atoms with Crippen LogP contribution in [-0.4, -0.2) is 27.5 Å². The summed E-state index contributed by atoms with van der Waals surface area (Å²) in [6.07, 6.45) is 4.18. The minimum Gasteiger partial charge on any atom is -0.497 e. The van der Waals surface area contributed by atoms with Gasteiger partial charge in [0, 0.05) is 17.7 Å². The third-order valence-electron chi connectivity index (χ3n) is 4.42. The summed E-state index contributed by atoms with van der Waals surface area (Å²) in [5, 5.41) is 2.97. The van der Waals surface area contributed by atoms with Crippen LogP contribution >= 0.6 is 0 Å². The van der Waals surface area contributed by atoms with Gasteiger partial charge in [-0.2, -0.15) is 0 Å². The van der Waals surface area contributed by atoms with Crippen molar-refractivity contribution in [2.75, 3.05) is 11.8 Å². The zero-order valence-electron chi connectivity index (χ0n) is 14.6. The monoisotopic (exact) mass is 374 g/mol. The van der Waals surface area contributed by atoms with E-state index in [0.29, 0.717) is 17.0 Å². The topological polar surface area (TPSA) is 84.5 Å². The lowest BCUT2D eigenvalue weighted by Gasteiger charge is -2.13. The van der Waals surface area contributed by atoms with Crippen molar-refractivity contribution in [3.63, 3.8) is 0 Å². The average molecular weight is 374 g/mol. The van der Waals surface area contributed by atoms with Crippen LogP contribution in [0.1, 0.15) is 36.0 Å². The minimum absolute atomic E-state index is 0.0411. The van der Waals surface area contributed by atoms with Gasteiger partial charge >= 0.3 is 0 Å².